The minimum Gasteiger partial charge on any atom is -0.324 e. The molecule has 8 nitrogen and oxygen atoms in total. The van der Waals surface area contributed by atoms with E-state index in [9.17, 15) is 0 Å². The van der Waals surface area contributed by atoms with Gasteiger partial charge in [-0.15, -0.1) is 0 Å². The van der Waals surface area contributed by atoms with Crippen LogP contribution < -0.4 is 10.7 Å². The van der Waals surface area contributed by atoms with Crippen LogP contribution in [0.15, 0.2) is 77.9 Å². The monoisotopic (exact) mass is 424 g/mol. The molecule has 0 amide bonds. The molecule has 0 unspecified atom stereocenters. The summed E-state index contributed by atoms with van der Waals surface area (Å²) in [6.45, 7) is 5.79. The quantitative estimate of drug-likeness (QED) is 0.323. The fraction of sp³-hybridized carbons (Fsp3) is 0.125. The summed E-state index contributed by atoms with van der Waals surface area (Å²) in [5.41, 5.74) is 7.50. The van der Waals surface area contributed by atoms with Gasteiger partial charge < -0.3 is 5.32 Å². The van der Waals surface area contributed by atoms with Crippen LogP contribution in [0.4, 0.5) is 17.6 Å². The van der Waals surface area contributed by atoms with E-state index in [4.69, 9.17) is 0 Å². The number of allylic oxidation sites excluding steroid dienone is 1. The van der Waals surface area contributed by atoms with Crippen molar-refractivity contribution in [2.24, 2.45) is 5.10 Å². The molecule has 0 aliphatic carbocycles. The SMILES string of the molecule is CC(/C=C/c1ccccc1)=N/Nc1nc(Nc2ccccc2)nc(-n2nc(C)cc2C)n1. The molecule has 0 aliphatic rings. The summed E-state index contributed by atoms with van der Waals surface area (Å²) >= 11 is 0. The summed E-state index contributed by atoms with van der Waals surface area (Å²) in [5, 5.41) is 12.1. The van der Waals surface area contributed by atoms with Crippen molar-refractivity contribution in [3.05, 3.63) is 89.8 Å². The second-order valence-electron chi connectivity index (χ2n) is 7.22. The molecule has 2 N–H and O–H groups in total. The number of nitrogens with one attached hydrogen (secondary N) is 2. The number of hydrogen-bond acceptors (Lipinski definition) is 7. The van der Waals surface area contributed by atoms with Gasteiger partial charge in [-0.25, -0.2) is 10.1 Å². The predicted octanol–water partition coefficient (Wildman–Crippen LogP) is 4.92. The maximum absolute atomic E-state index is 4.54. The van der Waals surface area contributed by atoms with Gasteiger partial charge in [0.1, 0.15) is 0 Å². The van der Waals surface area contributed by atoms with E-state index in [0.29, 0.717) is 17.8 Å². The van der Waals surface area contributed by atoms with Crippen LogP contribution in [0.1, 0.15) is 23.9 Å². The van der Waals surface area contributed by atoms with E-state index >= 15 is 0 Å². The Kier molecular flexibility index (Phi) is 6.31. The third kappa shape index (κ3) is 5.42. The molecule has 4 aromatic rings. The van der Waals surface area contributed by atoms with Crippen molar-refractivity contribution < 1.29 is 0 Å². The zero-order valence-electron chi connectivity index (χ0n) is 18.2. The van der Waals surface area contributed by atoms with Crippen molar-refractivity contribution in [3.63, 3.8) is 0 Å². The highest BCUT2D eigenvalue weighted by atomic mass is 15.4. The van der Waals surface area contributed by atoms with Crippen LogP contribution in [-0.2, 0) is 0 Å². The summed E-state index contributed by atoms with van der Waals surface area (Å²) in [7, 11) is 0. The first-order chi connectivity index (χ1) is 15.6. The van der Waals surface area contributed by atoms with Gasteiger partial charge in [0.25, 0.3) is 5.95 Å². The van der Waals surface area contributed by atoms with Crippen LogP contribution >= 0.6 is 0 Å². The average molecular weight is 425 g/mol. The molecule has 2 aromatic heterocycles. The van der Waals surface area contributed by atoms with Gasteiger partial charge in [-0.2, -0.15) is 25.2 Å². The zero-order valence-corrected chi connectivity index (χ0v) is 18.2. The summed E-state index contributed by atoms with van der Waals surface area (Å²) in [5.74, 6) is 1.11. The van der Waals surface area contributed by atoms with Gasteiger partial charge in [-0.05, 0) is 50.6 Å². The topological polar surface area (TPSA) is 92.9 Å². The van der Waals surface area contributed by atoms with Crippen molar-refractivity contribution in [2.45, 2.75) is 20.8 Å². The van der Waals surface area contributed by atoms with E-state index in [1.165, 1.54) is 0 Å². The highest BCUT2D eigenvalue weighted by Gasteiger charge is 2.12. The van der Waals surface area contributed by atoms with Crippen LogP contribution in [0, 0.1) is 13.8 Å². The number of hydrogen-bond donors (Lipinski definition) is 2. The molecule has 0 radical (unpaired) electrons. The van der Waals surface area contributed by atoms with E-state index in [-0.39, 0.29) is 0 Å². The summed E-state index contributed by atoms with van der Waals surface area (Å²) < 4.78 is 1.68. The lowest BCUT2D eigenvalue weighted by Crippen LogP contribution is -2.11. The van der Waals surface area contributed by atoms with E-state index in [2.05, 4.69) is 35.9 Å². The summed E-state index contributed by atoms with van der Waals surface area (Å²) in [4.78, 5) is 13.5. The lowest BCUT2D eigenvalue weighted by atomic mass is 10.2. The second-order valence-corrected chi connectivity index (χ2v) is 7.22. The molecule has 4 rings (SSSR count). The number of benzene rings is 2. The van der Waals surface area contributed by atoms with Gasteiger partial charge in [0.05, 0.1) is 11.4 Å². The lowest BCUT2D eigenvalue weighted by Gasteiger charge is -2.09. The Balaban J connectivity index is 1.61. The van der Waals surface area contributed by atoms with Gasteiger partial charge in [0.2, 0.25) is 11.9 Å². The second kappa shape index (κ2) is 9.65. The molecular weight excluding hydrogens is 400 g/mol. The van der Waals surface area contributed by atoms with E-state index in [1.54, 1.807) is 4.68 Å². The Hall–Kier alpha value is -4.33. The van der Waals surface area contributed by atoms with Crippen molar-refractivity contribution in [3.8, 4) is 5.95 Å². The normalized spacial score (nSPS) is 11.7. The van der Waals surface area contributed by atoms with Crippen molar-refractivity contribution in [2.75, 3.05) is 10.7 Å². The molecule has 0 aliphatic heterocycles. The van der Waals surface area contributed by atoms with Crippen LogP contribution in [0.25, 0.3) is 12.0 Å². The first-order valence-electron chi connectivity index (χ1n) is 10.2. The lowest BCUT2D eigenvalue weighted by molar-refractivity contribution is 0.767. The first kappa shape index (κ1) is 20.9. The first-order valence-corrected chi connectivity index (χ1v) is 10.2. The molecule has 0 fully saturated rings. The third-order valence-electron chi connectivity index (χ3n) is 4.50. The molecule has 32 heavy (non-hydrogen) atoms. The highest BCUT2D eigenvalue weighted by Crippen LogP contribution is 2.16. The van der Waals surface area contributed by atoms with Crippen LogP contribution in [-0.4, -0.2) is 30.4 Å². The molecule has 0 spiro atoms. The molecular formula is C24H24N8. The average Bonchev–Trinajstić information content (AvgIpc) is 3.15. The maximum Gasteiger partial charge on any atom is 0.257 e. The van der Waals surface area contributed by atoms with E-state index in [0.717, 1.165) is 28.4 Å². The van der Waals surface area contributed by atoms with Gasteiger partial charge in [0.15, 0.2) is 0 Å². The highest BCUT2D eigenvalue weighted by molar-refractivity contribution is 5.96. The molecule has 160 valence electrons. The van der Waals surface area contributed by atoms with Crippen LogP contribution in [0.5, 0.6) is 0 Å². The molecule has 8 heteroatoms. The number of anilines is 3. The fourth-order valence-corrected chi connectivity index (χ4v) is 3.00. The predicted molar refractivity (Wildman–Crippen MR) is 128 cm³/mol. The van der Waals surface area contributed by atoms with Crippen molar-refractivity contribution in [1.29, 1.82) is 0 Å². The van der Waals surface area contributed by atoms with Crippen molar-refractivity contribution >= 4 is 29.4 Å². The van der Waals surface area contributed by atoms with Crippen LogP contribution in [0.2, 0.25) is 0 Å². The number of aryl methyl sites for hydroxylation is 2. The number of aromatic nitrogens is 5. The van der Waals surface area contributed by atoms with E-state index < -0.39 is 0 Å². The maximum atomic E-state index is 4.54. The fourth-order valence-electron chi connectivity index (χ4n) is 3.00. The molecule has 0 saturated carbocycles. The zero-order chi connectivity index (χ0) is 22.3. The molecule has 2 aromatic carbocycles. The molecule has 0 bridgehead atoms. The Morgan fingerprint density at radius 2 is 1.59 bits per heavy atom. The Morgan fingerprint density at radius 1 is 0.906 bits per heavy atom. The van der Waals surface area contributed by atoms with Gasteiger partial charge in [-0.1, -0.05) is 54.6 Å². The van der Waals surface area contributed by atoms with E-state index in [1.807, 2.05) is 99.7 Å². The summed E-state index contributed by atoms with van der Waals surface area (Å²) in [6, 6.07) is 21.7. The minimum absolute atomic E-state index is 0.313. The molecule has 0 saturated heterocycles. The van der Waals surface area contributed by atoms with Crippen molar-refractivity contribution in [1.82, 2.24) is 24.7 Å². The number of rotatable bonds is 7. The smallest absolute Gasteiger partial charge is 0.257 e. The number of para-hydroxylation sites is 1. The largest absolute Gasteiger partial charge is 0.324 e. The van der Waals surface area contributed by atoms with Crippen LogP contribution in [0.3, 0.4) is 0 Å². The number of hydrazone groups is 1. The summed E-state index contributed by atoms with van der Waals surface area (Å²) in [6.07, 6.45) is 3.92. The van der Waals surface area contributed by atoms with Gasteiger partial charge in [-0.3, -0.25) is 0 Å². The Labute approximate surface area is 186 Å². The number of nitrogens with zero attached hydrogens (tertiary/aromatic N) is 6. The standard InChI is InChI=1S/C24H24N8/c1-17(14-15-20-10-6-4-7-11-20)29-30-23-26-22(25-21-12-8-5-9-13-21)27-24(28-23)32-19(3)16-18(2)31-32/h4-16H,1-3H3,(H2,25,26,27,28,30)/b15-14+,29-17-. The minimum atomic E-state index is 0.313. The van der Waals surface area contributed by atoms with Gasteiger partial charge in [0, 0.05) is 11.4 Å². The molecule has 2 heterocycles. The van der Waals surface area contributed by atoms with Gasteiger partial charge >= 0.3 is 0 Å². The molecule has 0 atom stereocenters. The Morgan fingerprint density at radius 3 is 2.28 bits per heavy atom. The Bertz CT molecular complexity index is 1240. The third-order valence-corrected chi connectivity index (χ3v) is 4.50.